The van der Waals surface area contributed by atoms with Gasteiger partial charge < -0.3 is 15.6 Å². The number of amides is 1. The van der Waals surface area contributed by atoms with E-state index in [0.717, 1.165) is 30.1 Å². The van der Waals surface area contributed by atoms with Crippen molar-refractivity contribution in [1.29, 1.82) is 0 Å². The highest BCUT2D eigenvalue weighted by Crippen LogP contribution is 2.25. The topological polar surface area (TPSA) is 82.7 Å². The summed E-state index contributed by atoms with van der Waals surface area (Å²) < 4.78 is 0. The van der Waals surface area contributed by atoms with E-state index in [1.54, 1.807) is 23.6 Å². The third-order valence-corrected chi connectivity index (χ3v) is 5.34. The molecule has 138 valence electrons. The number of H-pyrrole nitrogens is 1. The first-order valence-electron chi connectivity index (χ1n) is 8.99. The zero-order valence-electron chi connectivity index (χ0n) is 15.1. The molecule has 0 aliphatic carbocycles. The van der Waals surface area contributed by atoms with Crippen molar-refractivity contribution in [2.75, 3.05) is 13.1 Å². The number of hydrogen-bond donors (Lipinski definition) is 3. The summed E-state index contributed by atoms with van der Waals surface area (Å²) in [5, 5.41) is 8.28. The van der Waals surface area contributed by atoms with E-state index in [-0.39, 0.29) is 5.91 Å². The van der Waals surface area contributed by atoms with Crippen LogP contribution >= 0.6 is 11.3 Å². The maximum absolute atomic E-state index is 12.6. The molecule has 0 saturated heterocycles. The first-order chi connectivity index (χ1) is 13.2. The number of pyridine rings is 1. The number of carbonyl (C=O) groups excluding carboxylic acids is 1. The standard InChI is InChI=1S/C20H21N5OS/c1-13-12-14(6-9-21-13)4-2-8-23-20(26)15-7-10-22-19-17(15)24-18(25-19)16-5-3-11-27-16/h3,5-7,10-12,21H,2,4,8-9H2,1H3,(H,23,26)(H,22,24,25). The van der Waals surface area contributed by atoms with Gasteiger partial charge in [0.25, 0.3) is 5.91 Å². The van der Waals surface area contributed by atoms with Gasteiger partial charge in [-0.05, 0) is 48.9 Å². The van der Waals surface area contributed by atoms with E-state index in [4.69, 9.17) is 0 Å². The Morgan fingerprint density at radius 3 is 3.11 bits per heavy atom. The first-order valence-corrected chi connectivity index (χ1v) is 9.86. The van der Waals surface area contributed by atoms with E-state index in [2.05, 4.69) is 44.7 Å². The molecule has 4 heterocycles. The van der Waals surface area contributed by atoms with Gasteiger partial charge in [0.15, 0.2) is 11.5 Å². The molecular formula is C20H21N5OS. The third kappa shape index (κ3) is 3.93. The van der Waals surface area contributed by atoms with Gasteiger partial charge in [-0.3, -0.25) is 4.79 Å². The van der Waals surface area contributed by atoms with Crippen molar-refractivity contribution < 1.29 is 4.79 Å². The predicted octanol–water partition coefficient (Wildman–Crippen LogP) is 3.63. The number of aromatic nitrogens is 3. The van der Waals surface area contributed by atoms with Gasteiger partial charge in [0, 0.05) is 25.0 Å². The molecule has 1 aliphatic rings. The van der Waals surface area contributed by atoms with Crippen LogP contribution in [-0.4, -0.2) is 33.9 Å². The minimum atomic E-state index is -0.102. The Morgan fingerprint density at radius 2 is 2.30 bits per heavy atom. The molecule has 3 N–H and O–H groups in total. The lowest BCUT2D eigenvalue weighted by atomic mass is 10.1. The molecule has 7 heteroatoms. The summed E-state index contributed by atoms with van der Waals surface area (Å²) in [4.78, 5) is 25.7. The van der Waals surface area contributed by atoms with Crippen molar-refractivity contribution in [2.24, 2.45) is 0 Å². The number of aromatic amines is 1. The Kier molecular flexibility index (Phi) is 5.02. The second-order valence-electron chi connectivity index (χ2n) is 6.47. The smallest absolute Gasteiger partial charge is 0.253 e. The van der Waals surface area contributed by atoms with E-state index < -0.39 is 0 Å². The number of allylic oxidation sites excluding steroid dienone is 3. The minimum absolute atomic E-state index is 0.102. The van der Waals surface area contributed by atoms with Crippen LogP contribution in [0, 0.1) is 0 Å². The van der Waals surface area contributed by atoms with Crippen LogP contribution < -0.4 is 10.6 Å². The van der Waals surface area contributed by atoms with E-state index in [1.165, 1.54) is 11.3 Å². The van der Waals surface area contributed by atoms with E-state index >= 15 is 0 Å². The SMILES string of the molecule is CC1=CC(CCCNC(=O)c2ccnc3nc(-c4cccs4)[nH]c23)=CCN1. The molecule has 0 fully saturated rings. The molecular weight excluding hydrogens is 358 g/mol. The van der Waals surface area contributed by atoms with Gasteiger partial charge >= 0.3 is 0 Å². The molecule has 1 amide bonds. The third-order valence-electron chi connectivity index (χ3n) is 4.47. The summed E-state index contributed by atoms with van der Waals surface area (Å²) in [6, 6.07) is 5.70. The molecule has 0 aromatic carbocycles. The van der Waals surface area contributed by atoms with Crippen LogP contribution in [0.1, 0.15) is 30.1 Å². The van der Waals surface area contributed by atoms with Crippen molar-refractivity contribution >= 4 is 28.4 Å². The van der Waals surface area contributed by atoms with Gasteiger partial charge in [0.1, 0.15) is 0 Å². The number of imidazole rings is 1. The molecule has 0 saturated carbocycles. The molecule has 0 atom stereocenters. The molecule has 6 nitrogen and oxygen atoms in total. The molecule has 0 radical (unpaired) electrons. The monoisotopic (exact) mass is 379 g/mol. The van der Waals surface area contributed by atoms with Crippen LogP contribution in [-0.2, 0) is 0 Å². The Balaban J connectivity index is 1.41. The molecule has 0 spiro atoms. The molecule has 3 aromatic rings. The van der Waals surface area contributed by atoms with E-state index in [1.807, 2.05) is 17.5 Å². The summed E-state index contributed by atoms with van der Waals surface area (Å²) in [5.74, 6) is 0.641. The normalized spacial score (nSPS) is 13.8. The summed E-state index contributed by atoms with van der Waals surface area (Å²) in [6.45, 7) is 3.58. The van der Waals surface area contributed by atoms with Crippen LogP contribution in [0.5, 0.6) is 0 Å². The fourth-order valence-electron chi connectivity index (χ4n) is 3.13. The molecule has 0 bridgehead atoms. The number of rotatable bonds is 6. The predicted molar refractivity (Wildman–Crippen MR) is 109 cm³/mol. The quantitative estimate of drug-likeness (QED) is 0.571. The number of thiophene rings is 1. The maximum atomic E-state index is 12.6. The largest absolute Gasteiger partial charge is 0.385 e. The Morgan fingerprint density at radius 1 is 1.37 bits per heavy atom. The summed E-state index contributed by atoms with van der Waals surface area (Å²) in [5.41, 5.74) is 4.33. The van der Waals surface area contributed by atoms with E-state index in [9.17, 15) is 4.79 Å². The molecule has 3 aromatic heterocycles. The number of hydrogen-bond acceptors (Lipinski definition) is 5. The number of carbonyl (C=O) groups is 1. The van der Waals surface area contributed by atoms with Crippen molar-refractivity contribution in [3.8, 4) is 10.7 Å². The average Bonchev–Trinajstić information content (AvgIpc) is 3.33. The lowest BCUT2D eigenvalue weighted by Crippen LogP contribution is -2.25. The lowest BCUT2D eigenvalue weighted by molar-refractivity contribution is 0.0954. The van der Waals surface area contributed by atoms with Gasteiger partial charge in [-0.2, -0.15) is 0 Å². The maximum Gasteiger partial charge on any atom is 0.253 e. The highest BCUT2D eigenvalue weighted by Gasteiger charge is 2.15. The van der Waals surface area contributed by atoms with Crippen molar-refractivity contribution in [2.45, 2.75) is 19.8 Å². The zero-order chi connectivity index (χ0) is 18.6. The average molecular weight is 379 g/mol. The summed E-state index contributed by atoms with van der Waals surface area (Å²) in [6.07, 6.45) is 7.84. The van der Waals surface area contributed by atoms with Crippen LogP contribution in [0.4, 0.5) is 0 Å². The minimum Gasteiger partial charge on any atom is -0.385 e. The number of nitrogens with one attached hydrogen (secondary N) is 3. The van der Waals surface area contributed by atoms with Crippen molar-refractivity contribution in [3.63, 3.8) is 0 Å². The second-order valence-corrected chi connectivity index (χ2v) is 7.41. The number of nitrogens with zero attached hydrogens (tertiary/aromatic N) is 2. The zero-order valence-corrected chi connectivity index (χ0v) is 15.9. The lowest BCUT2D eigenvalue weighted by Gasteiger charge is -2.13. The Bertz CT molecular complexity index is 1020. The summed E-state index contributed by atoms with van der Waals surface area (Å²) >= 11 is 1.60. The molecule has 27 heavy (non-hydrogen) atoms. The van der Waals surface area contributed by atoms with Gasteiger partial charge in [0.2, 0.25) is 0 Å². The highest BCUT2D eigenvalue weighted by atomic mass is 32.1. The van der Waals surface area contributed by atoms with Crippen LogP contribution in [0.2, 0.25) is 0 Å². The second kappa shape index (κ2) is 7.75. The Labute approximate surface area is 161 Å². The molecule has 1 aliphatic heterocycles. The fraction of sp³-hybridized carbons (Fsp3) is 0.250. The number of dihydropyridines is 1. The molecule has 4 rings (SSSR count). The van der Waals surface area contributed by atoms with Crippen molar-refractivity contribution in [3.05, 3.63) is 58.8 Å². The number of fused-ring (bicyclic) bond motifs is 1. The van der Waals surface area contributed by atoms with Crippen LogP contribution in [0.15, 0.2) is 53.2 Å². The summed E-state index contributed by atoms with van der Waals surface area (Å²) in [7, 11) is 0. The molecule has 0 unspecified atom stereocenters. The van der Waals surface area contributed by atoms with Gasteiger partial charge in [0.05, 0.1) is 16.0 Å². The van der Waals surface area contributed by atoms with Crippen LogP contribution in [0.3, 0.4) is 0 Å². The highest BCUT2D eigenvalue weighted by molar-refractivity contribution is 7.13. The van der Waals surface area contributed by atoms with Gasteiger partial charge in [-0.1, -0.05) is 12.1 Å². The van der Waals surface area contributed by atoms with Gasteiger partial charge in [-0.15, -0.1) is 11.3 Å². The Hall–Kier alpha value is -2.93. The van der Waals surface area contributed by atoms with Crippen molar-refractivity contribution in [1.82, 2.24) is 25.6 Å². The first kappa shape index (κ1) is 17.5. The fourth-order valence-corrected chi connectivity index (χ4v) is 3.79. The van der Waals surface area contributed by atoms with Gasteiger partial charge in [-0.25, -0.2) is 9.97 Å². The van der Waals surface area contributed by atoms with E-state index in [0.29, 0.717) is 23.3 Å². The van der Waals surface area contributed by atoms with Crippen LogP contribution in [0.25, 0.3) is 21.9 Å².